The Morgan fingerprint density at radius 3 is 2.73 bits per heavy atom. The second-order valence-electron chi connectivity index (χ2n) is 7.81. The molecular weight excluding hydrogens is 383 g/mol. The number of benzene rings is 1. The molecular formula is C22H27FN6O. The van der Waals surface area contributed by atoms with Gasteiger partial charge in [-0.25, -0.2) is 14.4 Å². The van der Waals surface area contributed by atoms with Gasteiger partial charge in [-0.05, 0) is 37.5 Å². The van der Waals surface area contributed by atoms with Gasteiger partial charge >= 0.3 is 0 Å². The quantitative estimate of drug-likeness (QED) is 0.551. The zero-order chi connectivity index (χ0) is 21.9. The first kappa shape index (κ1) is 21.6. The molecule has 3 rings (SSSR count). The summed E-state index contributed by atoms with van der Waals surface area (Å²) in [6.07, 6.45) is 1.82. The van der Waals surface area contributed by atoms with Gasteiger partial charge in [-0.1, -0.05) is 31.2 Å². The number of aryl methyl sites for hydroxylation is 1. The third-order valence-electron chi connectivity index (χ3n) is 5.16. The number of carbonyl (C=O) groups is 1. The summed E-state index contributed by atoms with van der Waals surface area (Å²) >= 11 is 0. The Morgan fingerprint density at radius 2 is 2.07 bits per heavy atom. The highest BCUT2D eigenvalue weighted by molar-refractivity contribution is 5.93. The molecule has 30 heavy (non-hydrogen) atoms. The van der Waals surface area contributed by atoms with Crippen molar-refractivity contribution in [3.05, 3.63) is 59.2 Å². The monoisotopic (exact) mass is 410 g/mol. The molecule has 2 aromatic heterocycles. The second-order valence-corrected chi connectivity index (χ2v) is 7.81. The zero-order valence-corrected chi connectivity index (χ0v) is 17.7. The summed E-state index contributed by atoms with van der Waals surface area (Å²) < 4.78 is 15.8. The minimum atomic E-state index is -0.572. The third-order valence-corrected chi connectivity index (χ3v) is 5.16. The first-order valence-corrected chi connectivity index (χ1v) is 9.89. The number of rotatable bonds is 8. The normalized spacial score (nSPS) is 13.1. The Kier molecular flexibility index (Phi) is 6.26. The molecule has 0 aliphatic rings. The molecule has 158 valence electrons. The highest BCUT2D eigenvalue weighted by Gasteiger charge is 2.19. The van der Waals surface area contributed by atoms with Gasteiger partial charge in [0, 0.05) is 19.0 Å². The average Bonchev–Trinajstić information content (AvgIpc) is 3.13. The molecule has 0 amide bonds. The van der Waals surface area contributed by atoms with Gasteiger partial charge in [0.25, 0.3) is 0 Å². The summed E-state index contributed by atoms with van der Waals surface area (Å²) in [7, 11) is 0. The van der Waals surface area contributed by atoms with Gasteiger partial charge in [-0.2, -0.15) is 5.10 Å². The Labute approximate surface area is 175 Å². The van der Waals surface area contributed by atoms with E-state index < -0.39 is 11.4 Å². The standard InChI is InChI=1S/C22H27FN6O/c1-5-22(4,24)13-26-20-17(23)11-25-21(27-20)18-10-19(15(3)30)29(28-18)12-16-9-7-6-8-14(16)2/h6-11H,5,12-13,24H2,1-4H3,(H,25,26,27). The van der Waals surface area contributed by atoms with E-state index in [1.165, 1.54) is 6.92 Å². The SMILES string of the molecule is CCC(C)(N)CNc1nc(-c2cc(C(C)=O)n(Cc3ccccc3C)n2)ncc1F. The van der Waals surface area contributed by atoms with Crippen LogP contribution in [0.4, 0.5) is 10.2 Å². The van der Waals surface area contributed by atoms with Crippen LogP contribution >= 0.6 is 0 Å². The van der Waals surface area contributed by atoms with Crippen LogP contribution in [0.2, 0.25) is 0 Å². The first-order valence-electron chi connectivity index (χ1n) is 9.89. The van der Waals surface area contributed by atoms with Gasteiger partial charge in [0.15, 0.2) is 23.2 Å². The van der Waals surface area contributed by atoms with E-state index in [4.69, 9.17) is 5.73 Å². The number of halogens is 1. The highest BCUT2D eigenvalue weighted by atomic mass is 19.1. The van der Waals surface area contributed by atoms with Crippen molar-refractivity contribution < 1.29 is 9.18 Å². The van der Waals surface area contributed by atoms with Gasteiger partial charge < -0.3 is 11.1 Å². The van der Waals surface area contributed by atoms with E-state index in [9.17, 15) is 9.18 Å². The molecule has 0 fully saturated rings. The molecule has 8 heteroatoms. The number of anilines is 1. The number of hydrogen-bond acceptors (Lipinski definition) is 6. The van der Waals surface area contributed by atoms with Crippen molar-refractivity contribution in [2.75, 3.05) is 11.9 Å². The fraction of sp³-hybridized carbons (Fsp3) is 0.364. The fourth-order valence-corrected chi connectivity index (χ4v) is 2.90. The van der Waals surface area contributed by atoms with Gasteiger partial charge in [0.05, 0.1) is 12.7 Å². The summed E-state index contributed by atoms with van der Waals surface area (Å²) in [4.78, 5) is 20.5. The molecule has 0 bridgehead atoms. The lowest BCUT2D eigenvalue weighted by molar-refractivity contribution is 0.100. The van der Waals surface area contributed by atoms with E-state index >= 15 is 0 Å². The highest BCUT2D eigenvalue weighted by Crippen LogP contribution is 2.21. The number of aromatic nitrogens is 4. The predicted molar refractivity (Wildman–Crippen MR) is 115 cm³/mol. The van der Waals surface area contributed by atoms with Gasteiger partial charge in [0.2, 0.25) is 0 Å². The molecule has 1 aromatic carbocycles. The molecule has 1 unspecified atom stereocenters. The molecule has 0 saturated heterocycles. The lowest BCUT2D eigenvalue weighted by Gasteiger charge is -2.23. The fourth-order valence-electron chi connectivity index (χ4n) is 2.90. The minimum Gasteiger partial charge on any atom is -0.366 e. The number of nitrogens with one attached hydrogen (secondary N) is 1. The number of nitrogens with zero attached hydrogens (tertiary/aromatic N) is 4. The van der Waals surface area contributed by atoms with Crippen LogP contribution < -0.4 is 11.1 Å². The van der Waals surface area contributed by atoms with Gasteiger partial charge in [-0.15, -0.1) is 0 Å². The summed E-state index contributed by atoms with van der Waals surface area (Å²) in [5, 5.41) is 7.48. The van der Waals surface area contributed by atoms with Crippen LogP contribution in [0.1, 0.15) is 48.8 Å². The largest absolute Gasteiger partial charge is 0.366 e. The molecule has 7 nitrogen and oxygen atoms in total. The van der Waals surface area contributed by atoms with Crippen LogP contribution in [-0.2, 0) is 6.54 Å². The maximum atomic E-state index is 14.2. The number of Topliss-reactive ketones (excluding diaryl/α,β-unsaturated/α-hetero) is 1. The maximum absolute atomic E-state index is 14.2. The van der Waals surface area contributed by atoms with Crippen molar-refractivity contribution >= 4 is 11.6 Å². The van der Waals surface area contributed by atoms with Crippen LogP contribution in [-0.4, -0.2) is 37.6 Å². The Bertz CT molecular complexity index is 1060. The van der Waals surface area contributed by atoms with Crippen LogP contribution in [0.15, 0.2) is 36.5 Å². The van der Waals surface area contributed by atoms with Crippen LogP contribution in [0.3, 0.4) is 0 Å². The van der Waals surface area contributed by atoms with Crippen molar-refractivity contribution in [1.29, 1.82) is 0 Å². The number of ketones is 1. The first-order chi connectivity index (χ1) is 14.2. The third kappa shape index (κ3) is 4.88. The summed E-state index contributed by atoms with van der Waals surface area (Å²) in [6, 6.07) is 9.55. The topological polar surface area (TPSA) is 98.7 Å². The van der Waals surface area contributed by atoms with Gasteiger partial charge in [-0.3, -0.25) is 9.48 Å². The van der Waals surface area contributed by atoms with Crippen molar-refractivity contribution in [1.82, 2.24) is 19.7 Å². The van der Waals surface area contributed by atoms with E-state index in [2.05, 4.69) is 20.4 Å². The molecule has 0 spiro atoms. The minimum absolute atomic E-state index is 0.0583. The van der Waals surface area contributed by atoms with Crippen molar-refractivity contribution in [3.63, 3.8) is 0 Å². The van der Waals surface area contributed by atoms with Gasteiger partial charge in [0.1, 0.15) is 11.4 Å². The molecule has 1 atom stereocenters. The summed E-state index contributed by atoms with van der Waals surface area (Å²) in [5.74, 6) is -0.399. The van der Waals surface area contributed by atoms with E-state index in [-0.39, 0.29) is 17.4 Å². The summed E-state index contributed by atoms with van der Waals surface area (Å²) in [6.45, 7) is 8.14. The molecule has 0 saturated carbocycles. The van der Waals surface area contributed by atoms with Crippen molar-refractivity contribution in [2.24, 2.45) is 5.73 Å². The van der Waals surface area contributed by atoms with Crippen molar-refractivity contribution in [2.45, 2.75) is 46.2 Å². The van der Waals surface area contributed by atoms with Crippen LogP contribution in [0.25, 0.3) is 11.5 Å². The molecule has 0 aliphatic heterocycles. The molecule has 2 heterocycles. The molecule has 0 radical (unpaired) electrons. The summed E-state index contributed by atoms with van der Waals surface area (Å²) in [5.41, 5.74) is 8.64. The lowest BCUT2D eigenvalue weighted by atomic mass is 10.0. The Balaban J connectivity index is 1.93. The Hall–Kier alpha value is -3.13. The zero-order valence-electron chi connectivity index (χ0n) is 17.7. The number of carbonyl (C=O) groups excluding carboxylic acids is 1. The average molecular weight is 410 g/mol. The molecule has 0 aliphatic carbocycles. The lowest BCUT2D eigenvalue weighted by Crippen LogP contribution is -2.42. The van der Waals surface area contributed by atoms with E-state index in [0.29, 0.717) is 24.5 Å². The molecule has 3 aromatic rings. The predicted octanol–water partition coefficient (Wildman–Crippen LogP) is 3.58. The Morgan fingerprint density at radius 1 is 1.33 bits per heavy atom. The molecule has 3 N–H and O–H groups in total. The van der Waals surface area contributed by atoms with E-state index in [1.54, 1.807) is 10.7 Å². The van der Waals surface area contributed by atoms with E-state index in [0.717, 1.165) is 23.7 Å². The second kappa shape index (κ2) is 8.71. The van der Waals surface area contributed by atoms with E-state index in [1.807, 2.05) is 45.0 Å². The number of nitrogens with two attached hydrogens (primary N) is 1. The van der Waals surface area contributed by atoms with Crippen LogP contribution in [0.5, 0.6) is 0 Å². The number of hydrogen-bond donors (Lipinski definition) is 2. The maximum Gasteiger partial charge on any atom is 0.183 e. The smallest absolute Gasteiger partial charge is 0.183 e. The van der Waals surface area contributed by atoms with Crippen molar-refractivity contribution in [3.8, 4) is 11.5 Å². The van der Waals surface area contributed by atoms with Crippen LogP contribution in [0, 0.1) is 12.7 Å².